The van der Waals surface area contributed by atoms with Crippen molar-refractivity contribution in [1.82, 2.24) is 4.57 Å². The van der Waals surface area contributed by atoms with Crippen LogP contribution in [0.5, 0.6) is 11.5 Å². The van der Waals surface area contributed by atoms with Gasteiger partial charge in [-0.05, 0) is 42.7 Å². The van der Waals surface area contributed by atoms with Gasteiger partial charge in [-0.15, -0.1) is 11.8 Å². The predicted molar refractivity (Wildman–Crippen MR) is 126 cm³/mol. The van der Waals surface area contributed by atoms with Crippen LogP contribution in [0, 0.1) is 0 Å². The molecule has 5 nitrogen and oxygen atoms in total. The molecule has 1 aromatic heterocycles. The summed E-state index contributed by atoms with van der Waals surface area (Å²) in [6.07, 6.45) is 3.28. The van der Waals surface area contributed by atoms with Gasteiger partial charge in [-0.2, -0.15) is 16.8 Å². The fourth-order valence-electron chi connectivity index (χ4n) is 3.05. The van der Waals surface area contributed by atoms with Crippen LogP contribution >= 0.6 is 46.5 Å². The maximum Gasteiger partial charge on any atom is 0.248 e. The lowest BCUT2D eigenvalue weighted by atomic mass is 10.3. The van der Waals surface area contributed by atoms with Gasteiger partial charge in [0.15, 0.2) is 16.3 Å². The minimum atomic E-state index is -0.0868. The van der Waals surface area contributed by atoms with Gasteiger partial charge < -0.3 is 14.0 Å². The van der Waals surface area contributed by atoms with Crippen LogP contribution in [0.25, 0.3) is 10.2 Å². The number of fused-ring (bicyclic) bond motifs is 2. The van der Waals surface area contributed by atoms with Gasteiger partial charge in [-0.25, -0.2) is 0 Å². The smallest absolute Gasteiger partial charge is 0.248 e. The first-order valence-electron chi connectivity index (χ1n) is 9.52. The number of thiazole rings is 1. The molecule has 0 unspecified atom stereocenters. The Labute approximate surface area is 192 Å². The van der Waals surface area contributed by atoms with Crippen molar-refractivity contribution in [1.29, 1.82) is 0 Å². The van der Waals surface area contributed by atoms with Crippen LogP contribution in [-0.2, 0) is 11.3 Å². The van der Waals surface area contributed by atoms with Crippen LogP contribution in [0.4, 0.5) is 0 Å². The van der Waals surface area contributed by atoms with Crippen molar-refractivity contribution in [2.24, 2.45) is 4.99 Å². The van der Waals surface area contributed by atoms with Crippen LogP contribution < -0.4 is 14.3 Å². The van der Waals surface area contributed by atoms with Crippen LogP contribution in [-0.4, -0.2) is 35.0 Å². The van der Waals surface area contributed by atoms with E-state index in [0.717, 1.165) is 60.9 Å². The molecule has 30 heavy (non-hydrogen) atoms. The summed E-state index contributed by atoms with van der Waals surface area (Å²) >= 11 is 10.9. The summed E-state index contributed by atoms with van der Waals surface area (Å²) in [6.45, 7) is 1.04. The van der Waals surface area contributed by atoms with Crippen molar-refractivity contribution in [3.05, 3.63) is 46.2 Å². The molecule has 9 heteroatoms. The van der Waals surface area contributed by atoms with Gasteiger partial charge in [0.2, 0.25) is 12.7 Å². The number of benzene rings is 2. The number of amides is 1. The quantitative estimate of drug-likeness (QED) is 0.317. The first-order chi connectivity index (χ1) is 14.6. The third-order valence-electron chi connectivity index (χ3n) is 4.53. The first-order valence-corrected chi connectivity index (χ1v) is 13.1. The average Bonchev–Trinajstić information content (AvgIpc) is 3.32. The van der Waals surface area contributed by atoms with E-state index in [-0.39, 0.29) is 12.7 Å². The third kappa shape index (κ3) is 5.17. The summed E-state index contributed by atoms with van der Waals surface area (Å²) in [6, 6.07) is 11.7. The molecule has 0 N–H and O–H groups in total. The molecule has 1 aliphatic heterocycles. The summed E-state index contributed by atoms with van der Waals surface area (Å²) in [4.78, 5) is 18.8. The number of aromatic nitrogens is 1. The van der Waals surface area contributed by atoms with Crippen LogP contribution in [0.3, 0.4) is 0 Å². The van der Waals surface area contributed by atoms with E-state index >= 15 is 0 Å². The molecule has 158 valence electrons. The van der Waals surface area contributed by atoms with E-state index in [2.05, 4.69) is 15.8 Å². The molecule has 1 amide bonds. The first kappa shape index (κ1) is 21.6. The molecule has 0 spiro atoms. The maximum absolute atomic E-state index is 12.5. The number of ether oxygens (including phenoxy) is 2. The van der Waals surface area contributed by atoms with Crippen molar-refractivity contribution >= 4 is 62.6 Å². The molecule has 0 radical (unpaired) electrons. The topological polar surface area (TPSA) is 52.8 Å². The maximum atomic E-state index is 12.5. The molecule has 4 rings (SSSR count). The Hall–Kier alpha value is -1.61. The summed E-state index contributed by atoms with van der Waals surface area (Å²) in [5.74, 6) is 3.21. The van der Waals surface area contributed by atoms with Crippen LogP contribution in [0.15, 0.2) is 46.3 Å². The number of carbonyl (C=O) groups is 1. The zero-order valence-electron chi connectivity index (χ0n) is 16.4. The van der Waals surface area contributed by atoms with E-state index in [9.17, 15) is 4.79 Å². The minimum Gasteiger partial charge on any atom is -0.454 e. The zero-order chi connectivity index (χ0) is 20.9. The van der Waals surface area contributed by atoms with E-state index in [1.54, 1.807) is 23.5 Å². The highest BCUT2D eigenvalue weighted by Crippen LogP contribution is 2.37. The number of thioether (sulfide) groups is 2. The standard InChI is InChI=1S/C21H21ClN2O3S3/c1-28-10-8-24-16-11-17-18(27-13-26-17)12-19(16)30-21(24)23-20(25)3-2-9-29-15-6-4-14(22)5-7-15/h4-7,11-12H,2-3,8-10,13H2,1H3. The van der Waals surface area contributed by atoms with Gasteiger partial charge in [0.1, 0.15) is 0 Å². The molecular formula is C21H21ClN2O3S3. The second-order valence-corrected chi connectivity index (χ2v) is 10.2. The lowest BCUT2D eigenvalue weighted by Gasteiger charge is -2.04. The molecular weight excluding hydrogens is 460 g/mol. The molecule has 0 atom stereocenters. The van der Waals surface area contributed by atoms with Crippen LogP contribution in [0.2, 0.25) is 5.02 Å². The molecule has 0 saturated carbocycles. The highest BCUT2D eigenvalue weighted by molar-refractivity contribution is 7.99. The highest BCUT2D eigenvalue weighted by atomic mass is 35.5. The van der Waals surface area contributed by atoms with Crippen LogP contribution in [0.1, 0.15) is 12.8 Å². The van der Waals surface area contributed by atoms with E-state index in [4.69, 9.17) is 21.1 Å². The Morgan fingerprint density at radius 1 is 1.20 bits per heavy atom. The Balaban J connectivity index is 1.46. The van der Waals surface area contributed by atoms with Crippen molar-refractivity contribution in [2.45, 2.75) is 24.3 Å². The molecule has 0 saturated heterocycles. The van der Waals surface area contributed by atoms with Gasteiger partial charge in [-0.3, -0.25) is 4.79 Å². The van der Waals surface area contributed by atoms with Gasteiger partial charge >= 0.3 is 0 Å². The number of rotatable bonds is 8. The second kappa shape index (κ2) is 10.1. The monoisotopic (exact) mass is 480 g/mol. The number of hydrogen-bond donors (Lipinski definition) is 0. The molecule has 2 heterocycles. The number of hydrogen-bond acceptors (Lipinski definition) is 6. The van der Waals surface area contributed by atoms with Crippen molar-refractivity contribution < 1.29 is 14.3 Å². The molecule has 1 aliphatic rings. The Kier molecular flexibility index (Phi) is 7.30. The van der Waals surface area contributed by atoms with E-state index in [1.807, 2.05) is 36.4 Å². The van der Waals surface area contributed by atoms with Gasteiger partial charge in [-0.1, -0.05) is 22.9 Å². The second-order valence-electron chi connectivity index (χ2n) is 6.61. The number of halogens is 1. The van der Waals surface area contributed by atoms with Crippen molar-refractivity contribution in [3.8, 4) is 11.5 Å². The molecule has 0 bridgehead atoms. The number of carbonyl (C=O) groups excluding carboxylic acids is 1. The van der Waals surface area contributed by atoms with Crippen molar-refractivity contribution in [2.75, 3.05) is 24.6 Å². The Morgan fingerprint density at radius 3 is 2.73 bits per heavy atom. The third-order valence-corrected chi connectivity index (χ3v) is 7.52. The fourth-order valence-corrected chi connectivity index (χ4v) is 5.48. The molecule has 0 aliphatic carbocycles. The average molecular weight is 481 g/mol. The molecule has 0 fully saturated rings. The summed E-state index contributed by atoms with van der Waals surface area (Å²) in [5.41, 5.74) is 1.03. The highest BCUT2D eigenvalue weighted by Gasteiger charge is 2.18. The SMILES string of the molecule is CSCCn1c(=NC(=O)CCCSc2ccc(Cl)cc2)sc2cc3c(cc21)OCO3. The van der Waals surface area contributed by atoms with E-state index in [0.29, 0.717) is 6.42 Å². The molecule has 2 aromatic carbocycles. The summed E-state index contributed by atoms with van der Waals surface area (Å²) in [7, 11) is 0. The molecule has 3 aromatic rings. The Morgan fingerprint density at radius 2 is 1.97 bits per heavy atom. The Bertz CT molecular complexity index is 1110. The fraction of sp³-hybridized carbons (Fsp3) is 0.333. The number of aryl methyl sites for hydroxylation is 1. The zero-order valence-corrected chi connectivity index (χ0v) is 19.6. The van der Waals surface area contributed by atoms with E-state index in [1.165, 1.54) is 11.3 Å². The summed E-state index contributed by atoms with van der Waals surface area (Å²) in [5, 5.41) is 0.731. The largest absolute Gasteiger partial charge is 0.454 e. The lowest BCUT2D eigenvalue weighted by Crippen LogP contribution is -2.18. The lowest BCUT2D eigenvalue weighted by molar-refractivity contribution is -0.118. The normalized spacial score (nSPS) is 13.3. The van der Waals surface area contributed by atoms with Crippen molar-refractivity contribution in [3.63, 3.8) is 0 Å². The van der Waals surface area contributed by atoms with Gasteiger partial charge in [0.05, 0.1) is 10.2 Å². The summed E-state index contributed by atoms with van der Waals surface area (Å²) < 4.78 is 14.2. The predicted octanol–water partition coefficient (Wildman–Crippen LogP) is 5.45. The van der Waals surface area contributed by atoms with Gasteiger partial charge in [0.25, 0.3) is 0 Å². The minimum absolute atomic E-state index is 0.0868. The van der Waals surface area contributed by atoms with Gasteiger partial charge in [0, 0.05) is 40.8 Å². The number of nitrogens with zero attached hydrogens (tertiary/aromatic N) is 2. The van der Waals surface area contributed by atoms with E-state index < -0.39 is 0 Å².